The minimum Gasteiger partial charge on any atom is -0.449 e. The number of rotatable bonds is 7. The van der Waals surface area contributed by atoms with Crippen LogP contribution in [-0.2, 0) is 19.6 Å². The Hall–Kier alpha value is -2.58. The van der Waals surface area contributed by atoms with Crippen molar-refractivity contribution in [1.29, 1.82) is 0 Å². The van der Waals surface area contributed by atoms with Gasteiger partial charge in [-0.15, -0.1) is 0 Å². The first kappa shape index (κ1) is 22.7. The van der Waals surface area contributed by atoms with E-state index in [4.69, 9.17) is 16.3 Å². The molecule has 0 fully saturated rings. The summed E-state index contributed by atoms with van der Waals surface area (Å²) in [6.45, 7) is 5.03. The molecule has 1 amide bonds. The van der Waals surface area contributed by atoms with E-state index < -0.39 is 28.0 Å². The third-order valence-electron chi connectivity index (χ3n) is 3.98. The number of nitrogens with zero attached hydrogens (tertiary/aromatic N) is 1. The van der Waals surface area contributed by atoms with E-state index in [1.165, 1.54) is 44.3 Å². The number of nitrogens with one attached hydrogen (secondary N) is 1. The van der Waals surface area contributed by atoms with Crippen molar-refractivity contribution < 1.29 is 22.7 Å². The summed E-state index contributed by atoms with van der Waals surface area (Å²) >= 11 is 5.94. The summed E-state index contributed by atoms with van der Waals surface area (Å²) in [5.41, 5.74) is 0.402. The van der Waals surface area contributed by atoms with Gasteiger partial charge in [0.15, 0.2) is 6.10 Å². The molecule has 7 nitrogen and oxygen atoms in total. The van der Waals surface area contributed by atoms with Gasteiger partial charge in [0.1, 0.15) is 0 Å². The number of halogens is 1. The number of hydrogen-bond donors (Lipinski definition) is 1. The first-order chi connectivity index (χ1) is 13.5. The van der Waals surface area contributed by atoms with Gasteiger partial charge in [0, 0.05) is 18.1 Å². The maximum Gasteiger partial charge on any atom is 0.338 e. The second kappa shape index (κ2) is 9.28. The number of sulfonamides is 1. The van der Waals surface area contributed by atoms with Crippen LogP contribution in [0.15, 0.2) is 53.4 Å². The lowest BCUT2D eigenvalue weighted by Crippen LogP contribution is -2.39. The van der Waals surface area contributed by atoms with Gasteiger partial charge in [-0.2, -0.15) is 0 Å². The summed E-state index contributed by atoms with van der Waals surface area (Å²) in [6, 6.07) is 11.8. The van der Waals surface area contributed by atoms with Crippen LogP contribution in [0.5, 0.6) is 0 Å². The SMILES string of the molecule is CC(C)NC(=O)C(C)OC(=O)c1cccc(S(=O)(=O)N(C)c2cccc(Cl)c2)c1. The summed E-state index contributed by atoms with van der Waals surface area (Å²) in [4.78, 5) is 24.2. The summed E-state index contributed by atoms with van der Waals surface area (Å²) in [5.74, 6) is -1.23. The molecule has 0 aliphatic rings. The lowest BCUT2D eigenvalue weighted by Gasteiger charge is -2.20. The highest BCUT2D eigenvalue weighted by Gasteiger charge is 2.24. The largest absolute Gasteiger partial charge is 0.449 e. The summed E-state index contributed by atoms with van der Waals surface area (Å²) in [5, 5.41) is 3.04. The molecule has 1 unspecified atom stereocenters. The molecule has 0 saturated heterocycles. The van der Waals surface area contributed by atoms with Crippen molar-refractivity contribution >= 4 is 39.2 Å². The Labute approximate surface area is 175 Å². The molecule has 1 atom stereocenters. The van der Waals surface area contributed by atoms with E-state index in [9.17, 15) is 18.0 Å². The van der Waals surface area contributed by atoms with Crippen LogP contribution >= 0.6 is 11.6 Å². The summed E-state index contributed by atoms with van der Waals surface area (Å²) < 4.78 is 32.1. The first-order valence-electron chi connectivity index (χ1n) is 8.88. The zero-order chi connectivity index (χ0) is 21.8. The first-order valence-corrected chi connectivity index (χ1v) is 10.7. The molecule has 0 aromatic heterocycles. The van der Waals surface area contributed by atoms with Crippen LogP contribution in [0.25, 0.3) is 0 Å². The highest BCUT2D eigenvalue weighted by molar-refractivity contribution is 7.92. The Morgan fingerprint density at radius 1 is 1.07 bits per heavy atom. The average molecular weight is 439 g/mol. The highest BCUT2D eigenvalue weighted by Crippen LogP contribution is 2.25. The molecule has 156 valence electrons. The lowest BCUT2D eigenvalue weighted by atomic mass is 10.2. The van der Waals surface area contributed by atoms with E-state index in [1.54, 1.807) is 32.0 Å². The van der Waals surface area contributed by atoms with Crippen LogP contribution in [0, 0.1) is 0 Å². The van der Waals surface area contributed by atoms with Gasteiger partial charge in [-0.05, 0) is 57.2 Å². The molecule has 0 aliphatic carbocycles. The third kappa shape index (κ3) is 5.71. The molecular formula is C20H23ClN2O5S. The molecular weight excluding hydrogens is 416 g/mol. The molecule has 2 aromatic rings. The molecule has 0 bridgehead atoms. The van der Waals surface area contributed by atoms with Crippen molar-refractivity contribution in [1.82, 2.24) is 5.32 Å². The Bertz CT molecular complexity index is 1010. The zero-order valence-electron chi connectivity index (χ0n) is 16.5. The third-order valence-corrected chi connectivity index (χ3v) is 6.00. The van der Waals surface area contributed by atoms with Gasteiger partial charge in [-0.3, -0.25) is 9.10 Å². The maximum absolute atomic E-state index is 12.9. The standard InChI is InChI=1S/C20H23ClN2O5S/c1-13(2)22-19(24)14(3)28-20(25)15-7-5-10-18(11-15)29(26,27)23(4)17-9-6-8-16(21)12-17/h5-14H,1-4H3,(H,22,24). The number of ether oxygens (including phenoxy) is 1. The minimum absolute atomic E-state index is 0.0229. The fourth-order valence-corrected chi connectivity index (χ4v) is 3.85. The Kier molecular flexibility index (Phi) is 7.26. The summed E-state index contributed by atoms with van der Waals surface area (Å²) in [6.07, 6.45) is -1.01. The topological polar surface area (TPSA) is 92.8 Å². The predicted octanol–water partition coefficient (Wildman–Crippen LogP) is 3.24. The molecule has 2 rings (SSSR count). The number of benzene rings is 2. The van der Waals surface area contributed by atoms with Crippen LogP contribution in [-0.4, -0.2) is 39.5 Å². The predicted molar refractivity (Wildman–Crippen MR) is 112 cm³/mol. The minimum atomic E-state index is -3.94. The van der Waals surface area contributed by atoms with E-state index >= 15 is 0 Å². The Balaban J connectivity index is 2.23. The summed E-state index contributed by atoms with van der Waals surface area (Å²) in [7, 11) is -2.54. The second-order valence-corrected chi connectivity index (χ2v) is 9.10. The second-order valence-electron chi connectivity index (χ2n) is 6.69. The van der Waals surface area contributed by atoms with E-state index in [1.807, 2.05) is 0 Å². The molecule has 1 N–H and O–H groups in total. The monoisotopic (exact) mass is 438 g/mol. The zero-order valence-corrected chi connectivity index (χ0v) is 18.1. The van der Waals surface area contributed by atoms with E-state index in [0.29, 0.717) is 10.7 Å². The van der Waals surface area contributed by atoms with Crippen LogP contribution in [0.1, 0.15) is 31.1 Å². The highest BCUT2D eigenvalue weighted by atomic mass is 35.5. The molecule has 0 spiro atoms. The van der Waals surface area contributed by atoms with Crippen molar-refractivity contribution in [3.63, 3.8) is 0 Å². The fourth-order valence-electron chi connectivity index (χ4n) is 2.44. The van der Waals surface area contributed by atoms with Crippen molar-refractivity contribution in [3.8, 4) is 0 Å². The maximum atomic E-state index is 12.9. The van der Waals surface area contributed by atoms with Crippen molar-refractivity contribution in [2.45, 2.75) is 37.8 Å². The lowest BCUT2D eigenvalue weighted by molar-refractivity contribution is -0.129. The van der Waals surface area contributed by atoms with Gasteiger partial charge in [0.25, 0.3) is 15.9 Å². The van der Waals surface area contributed by atoms with E-state index in [-0.39, 0.29) is 16.5 Å². The van der Waals surface area contributed by atoms with Crippen LogP contribution < -0.4 is 9.62 Å². The number of carbonyl (C=O) groups excluding carboxylic acids is 2. The molecule has 9 heteroatoms. The molecule has 0 saturated carbocycles. The van der Waals surface area contributed by atoms with Crippen molar-refractivity contribution in [2.24, 2.45) is 0 Å². The Morgan fingerprint density at radius 3 is 2.34 bits per heavy atom. The van der Waals surface area contributed by atoms with Crippen LogP contribution in [0.4, 0.5) is 5.69 Å². The van der Waals surface area contributed by atoms with Crippen LogP contribution in [0.2, 0.25) is 5.02 Å². The van der Waals surface area contributed by atoms with E-state index in [0.717, 1.165) is 4.31 Å². The molecule has 0 radical (unpaired) electrons. The fraction of sp³-hybridized carbons (Fsp3) is 0.300. The van der Waals surface area contributed by atoms with Crippen molar-refractivity contribution in [2.75, 3.05) is 11.4 Å². The van der Waals surface area contributed by atoms with Gasteiger partial charge < -0.3 is 10.1 Å². The molecule has 0 heterocycles. The van der Waals surface area contributed by atoms with E-state index in [2.05, 4.69) is 5.32 Å². The van der Waals surface area contributed by atoms with Gasteiger partial charge >= 0.3 is 5.97 Å². The number of carbonyl (C=O) groups is 2. The van der Waals surface area contributed by atoms with Gasteiger partial charge in [-0.25, -0.2) is 13.2 Å². The molecule has 0 aliphatic heterocycles. The van der Waals surface area contributed by atoms with Gasteiger partial charge in [0.2, 0.25) is 0 Å². The number of esters is 1. The molecule has 29 heavy (non-hydrogen) atoms. The smallest absolute Gasteiger partial charge is 0.338 e. The Morgan fingerprint density at radius 2 is 1.72 bits per heavy atom. The quantitative estimate of drug-likeness (QED) is 0.670. The van der Waals surface area contributed by atoms with Gasteiger partial charge in [-0.1, -0.05) is 23.7 Å². The van der Waals surface area contributed by atoms with Gasteiger partial charge in [0.05, 0.1) is 16.1 Å². The number of amides is 1. The average Bonchev–Trinajstić information content (AvgIpc) is 2.66. The number of hydrogen-bond acceptors (Lipinski definition) is 5. The molecule has 2 aromatic carbocycles. The van der Waals surface area contributed by atoms with Crippen molar-refractivity contribution in [3.05, 3.63) is 59.1 Å². The number of anilines is 1. The van der Waals surface area contributed by atoms with Crippen LogP contribution in [0.3, 0.4) is 0 Å². The normalized spacial score (nSPS) is 12.3.